The monoisotopic (exact) mass is 529 g/mol. The highest BCUT2D eigenvalue weighted by atomic mass is 16.7. The second-order valence-corrected chi connectivity index (χ2v) is 10.0. The number of hydrogen-bond acceptors (Lipinski definition) is 7. The van der Waals surface area contributed by atoms with Gasteiger partial charge in [-0.15, -0.1) is 0 Å². The van der Waals surface area contributed by atoms with Crippen molar-refractivity contribution in [3.05, 3.63) is 72.6 Å². The Morgan fingerprint density at radius 3 is 2.33 bits per heavy atom. The fourth-order valence-electron chi connectivity index (χ4n) is 4.85. The number of aromatic nitrogens is 2. The number of hydrogen-bond donors (Lipinski definition) is 2. The van der Waals surface area contributed by atoms with E-state index < -0.39 is 0 Å². The molecule has 2 aromatic carbocycles. The summed E-state index contributed by atoms with van der Waals surface area (Å²) in [5.74, 6) is 0.851. The Bertz CT molecular complexity index is 1210. The van der Waals surface area contributed by atoms with Crippen LogP contribution in [0.25, 0.3) is 11.1 Å². The second-order valence-electron chi connectivity index (χ2n) is 10.0. The van der Waals surface area contributed by atoms with Crippen LogP contribution in [0.5, 0.6) is 0 Å². The van der Waals surface area contributed by atoms with Crippen molar-refractivity contribution in [1.82, 2.24) is 15.3 Å². The van der Waals surface area contributed by atoms with E-state index >= 15 is 0 Å². The van der Waals surface area contributed by atoms with E-state index in [4.69, 9.17) is 9.47 Å². The van der Waals surface area contributed by atoms with Gasteiger partial charge in [0, 0.05) is 44.3 Å². The Morgan fingerprint density at radius 1 is 0.923 bits per heavy atom. The minimum atomic E-state index is -0.295. The molecule has 9 nitrogen and oxygen atoms in total. The summed E-state index contributed by atoms with van der Waals surface area (Å²) in [5, 5.41) is 5.91. The Hall–Kier alpha value is -3.82. The Kier molecular flexibility index (Phi) is 9.13. The van der Waals surface area contributed by atoms with Crippen LogP contribution in [-0.4, -0.2) is 60.9 Å². The number of ether oxygens (including phenoxy) is 2. The van der Waals surface area contributed by atoms with Gasteiger partial charge >= 0.3 is 6.03 Å². The maximum absolute atomic E-state index is 12.4. The van der Waals surface area contributed by atoms with Gasteiger partial charge in [-0.2, -0.15) is 0 Å². The minimum Gasteiger partial charge on any atom is -0.353 e. The van der Waals surface area contributed by atoms with E-state index in [1.54, 1.807) is 12.4 Å². The Balaban J connectivity index is 1.01. The third-order valence-corrected chi connectivity index (χ3v) is 7.20. The molecule has 1 aromatic heterocycles. The molecular formula is C30H35N5O4. The number of urea groups is 1. The van der Waals surface area contributed by atoms with Crippen LogP contribution in [0.3, 0.4) is 0 Å². The fraction of sp³-hybridized carbons (Fsp3) is 0.400. The van der Waals surface area contributed by atoms with Gasteiger partial charge in [0.05, 0.1) is 5.56 Å². The van der Waals surface area contributed by atoms with Crippen LogP contribution in [0.2, 0.25) is 0 Å². The third-order valence-electron chi connectivity index (χ3n) is 7.20. The van der Waals surface area contributed by atoms with Crippen molar-refractivity contribution in [3.8, 4) is 11.1 Å². The fourth-order valence-corrected chi connectivity index (χ4v) is 4.85. The molecule has 0 spiro atoms. The van der Waals surface area contributed by atoms with Gasteiger partial charge in [0.15, 0.2) is 12.1 Å². The van der Waals surface area contributed by atoms with E-state index in [-0.39, 0.29) is 24.7 Å². The highest BCUT2D eigenvalue weighted by Gasteiger charge is 2.22. The quantitative estimate of drug-likeness (QED) is 0.380. The summed E-state index contributed by atoms with van der Waals surface area (Å²) in [6, 6.07) is 17.8. The summed E-state index contributed by atoms with van der Waals surface area (Å²) >= 11 is 0. The minimum absolute atomic E-state index is 0.0294. The first kappa shape index (κ1) is 26.8. The first-order valence-electron chi connectivity index (χ1n) is 13.7. The SMILES string of the molecule is O=C(NCC1CCN(c2ncc(C(=O)COC3CCCCO3)cn2)CC1)Nc1ccc(-c2ccccc2)cc1. The number of piperidine rings is 1. The van der Waals surface area contributed by atoms with E-state index in [0.29, 0.717) is 30.6 Å². The van der Waals surface area contributed by atoms with Gasteiger partial charge in [-0.3, -0.25) is 4.79 Å². The molecule has 0 saturated carbocycles. The third kappa shape index (κ3) is 7.61. The zero-order chi connectivity index (χ0) is 26.9. The number of nitrogens with one attached hydrogen (secondary N) is 2. The van der Waals surface area contributed by atoms with E-state index in [9.17, 15) is 9.59 Å². The van der Waals surface area contributed by atoms with E-state index in [2.05, 4.69) is 37.6 Å². The first-order chi connectivity index (χ1) is 19.1. The van der Waals surface area contributed by atoms with Crippen LogP contribution in [0.1, 0.15) is 42.5 Å². The summed E-state index contributed by atoms with van der Waals surface area (Å²) in [6.45, 7) is 2.86. The smallest absolute Gasteiger partial charge is 0.319 e. The second kappa shape index (κ2) is 13.3. The number of carbonyl (C=O) groups excluding carboxylic acids is 2. The van der Waals surface area contributed by atoms with Crippen LogP contribution in [-0.2, 0) is 9.47 Å². The highest BCUT2D eigenvalue weighted by molar-refractivity contribution is 5.96. The molecule has 0 radical (unpaired) electrons. The highest BCUT2D eigenvalue weighted by Crippen LogP contribution is 2.22. The zero-order valence-electron chi connectivity index (χ0n) is 22.1. The Morgan fingerprint density at radius 2 is 1.64 bits per heavy atom. The molecule has 9 heteroatoms. The average molecular weight is 530 g/mol. The van der Waals surface area contributed by atoms with Gasteiger partial charge in [0.25, 0.3) is 0 Å². The summed E-state index contributed by atoms with van der Waals surface area (Å²) in [6.07, 6.45) is 7.60. The standard InChI is InChI=1S/C30H35N5O4/c36-27(21-39-28-8-4-5-17-38-28)25-19-31-29(32-20-25)35-15-13-22(14-16-35)18-33-30(37)34-26-11-9-24(10-12-26)23-6-2-1-3-7-23/h1-3,6-7,9-12,19-20,22,28H,4-5,8,13-18,21H2,(H2,33,34,37). The maximum atomic E-state index is 12.4. The van der Waals surface area contributed by atoms with Crippen molar-refractivity contribution < 1.29 is 19.1 Å². The van der Waals surface area contributed by atoms with Crippen molar-refractivity contribution in [2.75, 3.05) is 43.1 Å². The number of anilines is 2. The lowest BCUT2D eigenvalue weighted by Crippen LogP contribution is -2.40. The predicted octanol–water partition coefficient (Wildman–Crippen LogP) is 4.91. The van der Waals surface area contributed by atoms with Gasteiger partial charge in [0.1, 0.15) is 6.61 Å². The first-order valence-corrected chi connectivity index (χ1v) is 13.7. The topological polar surface area (TPSA) is 106 Å². The van der Waals surface area contributed by atoms with E-state index in [0.717, 1.165) is 62.0 Å². The zero-order valence-corrected chi connectivity index (χ0v) is 22.1. The van der Waals surface area contributed by atoms with Crippen molar-refractivity contribution in [2.24, 2.45) is 5.92 Å². The molecule has 2 amide bonds. The molecule has 39 heavy (non-hydrogen) atoms. The summed E-state index contributed by atoms with van der Waals surface area (Å²) in [7, 11) is 0. The van der Waals surface area contributed by atoms with Crippen LogP contribution >= 0.6 is 0 Å². The molecule has 2 saturated heterocycles. The van der Waals surface area contributed by atoms with Gasteiger partial charge in [-0.25, -0.2) is 14.8 Å². The van der Waals surface area contributed by atoms with E-state index in [1.165, 1.54) is 0 Å². The molecule has 0 bridgehead atoms. The molecule has 2 N–H and O–H groups in total. The summed E-state index contributed by atoms with van der Waals surface area (Å²) in [4.78, 5) is 35.8. The summed E-state index contributed by atoms with van der Waals surface area (Å²) < 4.78 is 11.1. The molecule has 2 aliphatic heterocycles. The molecule has 3 heterocycles. The Labute approximate surface area is 228 Å². The van der Waals surface area contributed by atoms with Crippen molar-refractivity contribution in [1.29, 1.82) is 0 Å². The van der Waals surface area contributed by atoms with Crippen LogP contribution in [0.4, 0.5) is 16.4 Å². The number of Topliss-reactive ketones (excluding diaryl/α,β-unsaturated/α-hetero) is 1. The molecule has 5 rings (SSSR count). The normalized spacial score (nSPS) is 17.9. The molecule has 1 unspecified atom stereocenters. The largest absolute Gasteiger partial charge is 0.353 e. The number of benzene rings is 2. The summed E-state index contributed by atoms with van der Waals surface area (Å²) in [5.41, 5.74) is 3.45. The van der Waals surface area contributed by atoms with Crippen molar-refractivity contribution in [3.63, 3.8) is 0 Å². The molecule has 0 aliphatic carbocycles. The van der Waals surface area contributed by atoms with Gasteiger partial charge in [0.2, 0.25) is 5.95 Å². The van der Waals surface area contributed by atoms with Gasteiger partial charge < -0.3 is 25.0 Å². The predicted molar refractivity (Wildman–Crippen MR) is 150 cm³/mol. The van der Waals surface area contributed by atoms with Crippen molar-refractivity contribution in [2.45, 2.75) is 38.4 Å². The van der Waals surface area contributed by atoms with Crippen molar-refractivity contribution >= 4 is 23.5 Å². The maximum Gasteiger partial charge on any atom is 0.319 e. The molecule has 2 fully saturated rings. The average Bonchev–Trinajstić information content (AvgIpc) is 3.00. The van der Waals surface area contributed by atoms with Crippen LogP contribution in [0.15, 0.2) is 67.0 Å². The lowest BCUT2D eigenvalue weighted by Gasteiger charge is -2.32. The lowest BCUT2D eigenvalue weighted by molar-refractivity contribution is -0.155. The molecule has 2 aliphatic rings. The van der Waals surface area contributed by atoms with Crippen LogP contribution in [0, 0.1) is 5.92 Å². The van der Waals surface area contributed by atoms with Gasteiger partial charge in [-0.1, -0.05) is 42.5 Å². The molecule has 1 atom stereocenters. The van der Waals surface area contributed by atoms with E-state index in [1.807, 2.05) is 42.5 Å². The number of rotatable bonds is 9. The number of ketones is 1. The lowest BCUT2D eigenvalue weighted by atomic mass is 9.97. The number of carbonyl (C=O) groups is 2. The number of nitrogens with zero attached hydrogens (tertiary/aromatic N) is 3. The molecule has 3 aromatic rings. The number of amides is 2. The van der Waals surface area contributed by atoms with Gasteiger partial charge in [-0.05, 0) is 61.3 Å². The molecule has 204 valence electrons. The van der Waals surface area contributed by atoms with Crippen LogP contribution < -0.4 is 15.5 Å². The molecular weight excluding hydrogens is 494 g/mol.